The van der Waals surface area contributed by atoms with E-state index in [0.29, 0.717) is 13.2 Å². The quantitative estimate of drug-likeness (QED) is 0.482. The molecule has 0 radical (unpaired) electrons. The number of urea groups is 1. The van der Waals surface area contributed by atoms with Crippen LogP contribution in [0.5, 0.6) is 0 Å². The molecule has 0 unspecified atom stereocenters. The van der Waals surface area contributed by atoms with Crippen molar-refractivity contribution in [3.8, 4) is 0 Å². The highest BCUT2D eigenvalue weighted by molar-refractivity contribution is 5.85. The molecular weight excluding hydrogens is 284 g/mol. The minimum atomic E-state index is -0.684. The number of carbonyl (C=O) groups is 1. The first kappa shape index (κ1) is 18.3. The zero-order valence-corrected chi connectivity index (χ0v) is 13.2. The van der Waals surface area contributed by atoms with Gasteiger partial charge in [0.1, 0.15) is 0 Å². The minimum absolute atomic E-state index is 0.147. The number of aromatic nitrogens is 4. The number of aryl methyl sites for hydroxylation is 1. The summed E-state index contributed by atoms with van der Waals surface area (Å²) >= 11 is 0. The van der Waals surface area contributed by atoms with Crippen LogP contribution in [-0.2, 0) is 6.54 Å². The highest BCUT2D eigenvalue weighted by Gasteiger charge is 2.03. The molecule has 22 heavy (non-hydrogen) atoms. The van der Waals surface area contributed by atoms with Crippen LogP contribution in [0.15, 0.2) is 0 Å². The Bertz CT molecular complexity index is 410. The molecule has 1 heterocycles. The van der Waals surface area contributed by atoms with Crippen molar-refractivity contribution in [2.75, 3.05) is 11.9 Å². The number of aliphatic hydroxyl groups excluding tert-OH is 1. The van der Waals surface area contributed by atoms with E-state index >= 15 is 0 Å². The molecular formula is C14H28N6O2. The van der Waals surface area contributed by atoms with Gasteiger partial charge in [-0.2, -0.15) is 4.80 Å². The van der Waals surface area contributed by atoms with Crippen molar-refractivity contribution in [2.45, 2.75) is 70.8 Å². The zero-order valence-electron chi connectivity index (χ0n) is 13.2. The number of amides is 2. The van der Waals surface area contributed by atoms with Crippen LogP contribution < -0.4 is 11.1 Å². The number of tetrazole rings is 1. The van der Waals surface area contributed by atoms with E-state index in [4.69, 9.17) is 10.8 Å². The van der Waals surface area contributed by atoms with E-state index in [2.05, 4.69) is 20.7 Å². The average Bonchev–Trinajstić information content (AvgIpc) is 2.91. The molecule has 0 aromatic carbocycles. The van der Waals surface area contributed by atoms with Gasteiger partial charge in [0.2, 0.25) is 0 Å². The summed E-state index contributed by atoms with van der Waals surface area (Å²) in [4.78, 5) is 12.1. The maximum atomic E-state index is 10.6. The fourth-order valence-corrected chi connectivity index (χ4v) is 2.28. The molecule has 0 saturated carbocycles. The second kappa shape index (κ2) is 11.9. The molecule has 0 saturated heterocycles. The maximum absolute atomic E-state index is 10.6. The molecule has 0 bridgehead atoms. The third-order valence-corrected chi connectivity index (χ3v) is 3.45. The third kappa shape index (κ3) is 9.28. The first-order valence-corrected chi connectivity index (χ1v) is 8.17. The minimum Gasteiger partial charge on any atom is -0.396 e. The molecule has 8 nitrogen and oxygen atoms in total. The Morgan fingerprint density at radius 3 is 2.09 bits per heavy atom. The van der Waals surface area contributed by atoms with E-state index in [-0.39, 0.29) is 5.95 Å². The second-order valence-corrected chi connectivity index (χ2v) is 5.46. The Hall–Kier alpha value is -1.70. The number of hydrogen-bond acceptors (Lipinski definition) is 5. The largest absolute Gasteiger partial charge is 0.396 e. The number of hydrogen-bond donors (Lipinski definition) is 3. The summed E-state index contributed by atoms with van der Waals surface area (Å²) in [7, 11) is 0. The molecule has 0 fully saturated rings. The molecule has 0 atom stereocenters. The van der Waals surface area contributed by atoms with Crippen molar-refractivity contribution in [1.29, 1.82) is 0 Å². The van der Waals surface area contributed by atoms with Gasteiger partial charge in [0.25, 0.3) is 5.95 Å². The van der Waals surface area contributed by atoms with E-state index in [9.17, 15) is 4.79 Å². The third-order valence-electron chi connectivity index (χ3n) is 3.45. The number of anilines is 1. The molecule has 1 aromatic heterocycles. The Labute approximate surface area is 131 Å². The van der Waals surface area contributed by atoms with Crippen LogP contribution in [-0.4, -0.2) is 38.0 Å². The molecule has 0 aliphatic rings. The van der Waals surface area contributed by atoms with Gasteiger partial charge in [-0.1, -0.05) is 56.5 Å². The van der Waals surface area contributed by atoms with Crippen LogP contribution in [0.1, 0.15) is 64.2 Å². The zero-order chi connectivity index (χ0) is 16.0. The molecule has 0 spiro atoms. The van der Waals surface area contributed by atoms with Crippen LogP contribution in [0, 0.1) is 0 Å². The summed E-state index contributed by atoms with van der Waals surface area (Å²) in [6.45, 7) is 1.02. The fraction of sp³-hybridized carbons (Fsp3) is 0.857. The SMILES string of the molecule is NC(=O)Nc1nnn(CCCCCCCCCCCCO)n1. The molecule has 0 aliphatic carbocycles. The number of primary amides is 1. The van der Waals surface area contributed by atoms with Gasteiger partial charge in [-0.15, -0.1) is 5.10 Å². The van der Waals surface area contributed by atoms with Crippen LogP contribution >= 0.6 is 0 Å². The van der Waals surface area contributed by atoms with Gasteiger partial charge in [-0.3, -0.25) is 5.32 Å². The van der Waals surface area contributed by atoms with E-state index < -0.39 is 6.03 Å². The predicted molar refractivity (Wildman–Crippen MR) is 84.3 cm³/mol. The molecule has 1 rings (SSSR count). The summed E-state index contributed by atoms with van der Waals surface area (Å²) in [5, 5.41) is 22.5. The number of carbonyl (C=O) groups excluding carboxylic acids is 1. The van der Waals surface area contributed by atoms with Gasteiger partial charge in [0, 0.05) is 6.61 Å². The molecule has 126 valence electrons. The van der Waals surface area contributed by atoms with Gasteiger partial charge in [-0.25, -0.2) is 4.79 Å². The standard InChI is InChI=1S/C14H28N6O2/c15-13(22)16-14-17-19-20(18-14)11-9-7-5-3-1-2-4-6-8-10-12-21/h21H,1-12H2,(H3,15,16,18,22). The molecule has 8 heteroatoms. The lowest BCUT2D eigenvalue weighted by atomic mass is 10.1. The van der Waals surface area contributed by atoms with Gasteiger partial charge in [0.15, 0.2) is 0 Å². The Morgan fingerprint density at radius 1 is 1.00 bits per heavy atom. The van der Waals surface area contributed by atoms with E-state index in [1.54, 1.807) is 0 Å². The topological polar surface area (TPSA) is 119 Å². The Balaban J connectivity index is 1.91. The summed E-state index contributed by atoms with van der Waals surface area (Å²) < 4.78 is 0. The van der Waals surface area contributed by atoms with Gasteiger partial charge < -0.3 is 10.8 Å². The summed E-state index contributed by atoms with van der Waals surface area (Å²) in [6.07, 6.45) is 11.8. The summed E-state index contributed by atoms with van der Waals surface area (Å²) in [6, 6.07) is -0.684. The highest BCUT2D eigenvalue weighted by Crippen LogP contribution is 2.10. The van der Waals surface area contributed by atoms with Crippen molar-refractivity contribution < 1.29 is 9.90 Å². The maximum Gasteiger partial charge on any atom is 0.319 e. The molecule has 1 aromatic rings. The predicted octanol–water partition coefficient (Wildman–Crippen LogP) is 2.06. The van der Waals surface area contributed by atoms with Crippen molar-refractivity contribution in [3.05, 3.63) is 0 Å². The lowest BCUT2D eigenvalue weighted by molar-refractivity contribution is 0.259. The van der Waals surface area contributed by atoms with Gasteiger partial charge >= 0.3 is 6.03 Å². The van der Waals surface area contributed by atoms with E-state index in [0.717, 1.165) is 25.7 Å². The number of rotatable bonds is 13. The molecule has 4 N–H and O–H groups in total. The number of nitrogens with two attached hydrogens (primary N) is 1. The smallest absolute Gasteiger partial charge is 0.319 e. The first-order chi connectivity index (χ1) is 10.7. The van der Waals surface area contributed by atoms with Crippen LogP contribution in [0.4, 0.5) is 10.7 Å². The number of aliphatic hydroxyl groups is 1. The Morgan fingerprint density at radius 2 is 1.55 bits per heavy atom. The normalized spacial score (nSPS) is 10.8. The number of nitrogens with one attached hydrogen (secondary N) is 1. The van der Waals surface area contributed by atoms with Crippen LogP contribution in [0.2, 0.25) is 0 Å². The van der Waals surface area contributed by atoms with Crippen LogP contribution in [0.3, 0.4) is 0 Å². The van der Waals surface area contributed by atoms with Gasteiger partial charge in [0.05, 0.1) is 6.54 Å². The average molecular weight is 312 g/mol. The lowest BCUT2D eigenvalue weighted by Crippen LogP contribution is -2.20. The molecule has 2 amide bonds. The van der Waals surface area contributed by atoms with Crippen molar-refractivity contribution in [1.82, 2.24) is 20.2 Å². The number of nitrogens with zero attached hydrogens (tertiary/aromatic N) is 4. The van der Waals surface area contributed by atoms with Crippen LogP contribution in [0.25, 0.3) is 0 Å². The second-order valence-electron chi connectivity index (χ2n) is 5.46. The highest BCUT2D eigenvalue weighted by atomic mass is 16.2. The first-order valence-electron chi connectivity index (χ1n) is 8.17. The van der Waals surface area contributed by atoms with Crippen molar-refractivity contribution in [2.24, 2.45) is 5.73 Å². The van der Waals surface area contributed by atoms with E-state index in [1.165, 1.54) is 43.3 Å². The fourth-order valence-electron chi connectivity index (χ4n) is 2.28. The van der Waals surface area contributed by atoms with Crippen molar-refractivity contribution in [3.63, 3.8) is 0 Å². The van der Waals surface area contributed by atoms with Crippen molar-refractivity contribution >= 4 is 12.0 Å². The summed E-state index contributed by atoms with van der Waals surface area (Å²) in [5.41, 5.74) is 4.97. The lowest BCUT2D eigenvalue weighted by Gasteiger charge is -2.02. The van der Waals surface area contributed by atoms with Gasteiger partial charge in [-0.05, 0) is 18.1 Å². The van der Waals surface area contributed by atoms with E-state index in [1.807, 2.05) is 0 Å². The summed E-state index contributed by atoms with van der Waals surface area (Å²) in [5.74, 6) is 0.147. The number of unbranched alkanes of at least 4 members (excludes halogenated alkanes) is 9. The Kier molecular flexibility index (Phi) is 9.93. The monoisotopic (exact) mass is 312 g/mol. The molecule has 0 aliphatic heterocycles.